The van der Waals surface area contributed by atoms with Gasteiger partial charge in [0.15, 0.2) is 10.8 Å². The van der Waals surface area contributed by atoms with E-state index in [1.54, 1.807) is 31.8 Å². The number of pyridine rings is 1. The number of anilines is 1. The second-order valence-corrected chi connectivity index (χ2v) is 9.41. The lowest BCUT2D eigenvalue weighted by molar-refractivity contribution is 0.0991. The number of hydrogen-bond acceptors (Lipinski definition) is 10. The average molecular weight is 518 g/mol. The minimum Gasteiger partial charge on any atom is -0.505 e. The van der Waals surface area contributed by atoms with Gasteiger partial charge in [-0.3, -0.25) is 4.98 Å². The quantitative estimate of drug-likeness (QED) is 0.186. The molecule has 5 rings (SSSR count). The van der Waals surface area contributed by atoms with Gasteiger partial charge in [0.05, 0.1) is 25.9 Å². The van der Waals surface area contributed by atoms with Crippen LogP contribution in [0.1, 0.15) is 19.5 Å². The molecule has 0 spiro atoms. The van der Waals surface area contributed by atoms with Crippen LogP contribution in [-0.2, 0) is 15.9 Å². The molecule has 0 bridgehead atoms. The molecule has 11 heteroatoms. The van der Waals surface area contributed by atoms with Gasteiger partial charge in [-0.05, 0) is 49.4 Å². The van der Waals surface area contributed by atoms with Gasteiger partial charge in [0, 0.05) is 23.5 Å². The predicted molar refractivity (Wildman–Crippen MR) is 143 cm³/mol. The van der Waals surface area contributed by atoms with E-state index in [4.69, 9.17) is 14.5 Å². The zero-order valence-corrected chi connectivity index (χ0v) is 21.6. The van der Waals surface area contributed by atoms with Crippen molar-refractivity contribution in [3.8, 4) is 5.75 Å². The number of methoxy groups -OCH3 is 1. The van der Waals surface area contributed by atoms with Crippen LogP contribution in [-0.4, -0.2) is 61.3 Å². The van der Waals surface area contributed by atoms with Crippen LogP contribution in [0.5, 0.6) is 5.75 Å². The maximum Gasteiger partial charge on any atom is 0.196 e. The summed E-state index contributed by atoms with van der Waals surface area (Å²) in [5, 5.41) is 12.0. The molecule has 1 saturated heterocycles. The summed E-state index contributed by atoms with van der Waals surface area (Å²) in [6, 6.07) is 1.91. The van der Waals surface area contributed by atoms with Crippen molar-refractivity contribution in [2.75, 3.05) is 25.1 Å². The molecule has 0 amide bonds. The van der Waals surface area contributed by atoms with E-state index < -0.39 is 0 Å². The van der Waals surface area contributed by atoms with Gasteiger partial charge in [0.2, 0.25) is 0 Å². The fraction of sp³-hybridized carbons (Fsp3) is 0.269. The molecule has 0 unspecified atom stereocenters. The van der Waals surface area contributed by atoms with Crippen molar-refractivity contribution >= 4 is 39.8 Å². The highest BCUT2D eigenvalue weighted by atomic mass is 32.2. The summed E-state index contributed by atoms with van der Waals surface area (Å²) in [4.78, 5) is 28.6. The molecule has 190 valence electrons. The van der Waals surface area contributed by atoms with Crippen LogP contribution in [0.3, 0.4) is 0 Å². The Hall–Kier alpha value is -4.12. The molecule has 4 aromatic rings. The fourth-order valence-corrected chi connectivity index (χ4v) is 4.77. The van der Waals surface area contributed by atoms with Gasteiger partial charge in [-0.1, -0.05) is 13.5 Å². The van der Waals surface area contributed by atoms with Crippen molar-refractivity contribution in [1.82, 2.24) is 29.9 Å². The summed E-state index contributed by atoms with van der Waals surface area (Å²) in [5.74, 6) is 2.12. The molecular weight excluding hydrogens is 490 g/mol. The largest absolute Gasteiger partial charge is 0.505 e. The van der Waals surface area contributed by atoms with Gasteiger partial charge >= 0.3 is 0 Å². The number of H-pyrrole nitrogens is 1. The highest BCUT2D eigenvalue weighted by molar-refractivity contribution is 7.99. The summed E-state index contributed by atoms with van der Waals surface area (Å²) in [7, 11) is 1.62. The van der Waals surface area contributed by atoms with Gasteiger partial charge in [-0.15, -0.1) is 0 Å². The van der Waals surface area contributed by atoms with Crippen LogP contribution >= 0.6 is 11.8 Å². The minimum atomic E-state index is -0.0511. The molecule has 0 aliphatic carbocycles. The fourth-order valence-electron chi connectivity index (χ4n) is 4.02. The zero-order chi connectivity index (χ0) is 25.9. The van der Waals surface area contributed by atoms with E-state index in [1.165, 1.54) is 11.8 Å². The monoisotopic (exact) mass is 517 g/mol. The van der Waals surface area contributed by atoms with Crippen LogP contribution in [0, 0.1) is 0 Å². The number of fused-ring (bicyclic) bond motifs is 2. The SMILES string of the molecule is C=C(/C=C\C(=C/C)OC)OC1CN(c2nc(Sc3cnc4nccnc4c3)nc3[nH]c(CC)c(O)c23)C1. The Morgan fingerprint density at radius 3 is 2.81 bits per heavy atom. The molecule has 2 N–H and O–H groups in total. The number of aromatic nitrogens is 6. The molecule has 10 nitrogen and oxygen atoms in total. The maximum absolute atomic E-state index is 10.9. The number of nitrogens with zero attached hydrogens (tertiary/aromatic N) is 6. The Labute approximate surface area is 218 Å². The van der Waals surface area contributed by atoms with Crippen molar-refractivity contribution in [3.05, 3.63) is 66.7 Å². The summed E-state index contributed by atoms with van der Waals surface area (Å²) in [5.41, 5.74) is 2.59. The van der Waals surface area contributed by atoms with Gasteiger partial charge < -0.3 is 24.5 Å². The zero-order valence-electron chi connectivity index (χ0n) is 20.8. The van der Waals surface area contributed by atoms with Crippen molar-refractivity contribution in [3.63, 3.8) is 0 Å². The Balaban J connectivity index is 1.38. The van der Waals surface area contributed by atoms with Gasteiger partial charge in [0.25, 0.3) is 0 Å². The number of rotatable bonds is 9. The number of allylic oxidation sites excluding steroid dienone is 3. The van der Waals surface area contributed by atoms with Crippen LogP contribution in [0.2, 0.25) is 0 Å². The third-order valence-electron chi connectivity index (χ3n) is 5.94. The topological polar surface area (TPSA) is 122 Å². The molecule has 0 aromatic carbocycles. The smallest absolute Gasteiger partial charge is 0.196 e. The summed E-state index contributed by atoms with van der Waals surface area (Å²) < 4.78 is 11.2. The van der Waals surface area contributed by atoms with Gasteiger partial charge in [-0.2, -0.15) is 0 Å². The van der Waals surface area contributed by atoms with Crippen molar-refractivity contribution in [2.45, 2.75) is 36.4 Å². The number of aromatic hydroxyl groups is 1. The van der Waals surface area contributed by atoms with Crippen molar-refractivity contribution < 1.29 is 14.6 Å². The van der Waals surface area contributed by atoms with Crippen LogP contribution < -0.4 is 4.90 Å². The van der Waals surface area contributed by atoms with Gasteiger partial charge in [-0.25, -0.2) is 19.9 Å². The highest BCUT2D eigenvalue weighted by Crippen LogP contribution is 2.39. The number of aromatic amines is 1. The first-order valence-electron chi connectivity index (χ1n) is 11.8. The highest BCUT2D eigenvalue weighted by Gasteiger charge is 2.33. The predicted octanol–water partition coefficient (Wildman–Crippen LogP) is 4.54. The molecule has 0 radical (unpaired) electrons. The molecule has 4 aromatic heterocycles. The van der Waals surface area contributed by atoms with E-state index >= 15 is 0 Å². The van der Waals surface area contributed by atoms with Crippen LogP contribution in [0.25, 0.3) is 22.2 Å². The van der Waals surface area contributed by atoms with E-state index in [1.807, 2.05) is 32.1 Å². The Morgan fingerprint density at radius 1 is 1.24 bits per heavy atom. The molecule has 5 heterocycles. The first-order chi connectivity index (χ1) is 18.0. The normalized spacial score (nSPS) is 14.5. The first kappa shape index (κ1) is 24.6. The van der Waals surface area contributed by atoms with E-state index in [-0.39, 0.29) is 11.9 Å². The Bertz CT molecular complexity index is 1530. The average Bonchev–Trinajstić information content (AvgIpc) is 3.21. The third-order valence-corrected chi connectivity index (χ3v) is 6.77. The number of aryl methyl sites for hydroxylation is 1. The van der Waals surface area contributed by atoms with Crippen molar-refractivity contribution in [2.24, 2.45) is 0 Å². The lowest BCUT2D eigenvalue weighted by Crippen LogP contribution is -2.52. The Kier molecular flexibility index (Phi) is 6.95. The maximum atomic E-state index is 10.9. The standard InChI is InChI=1S/C26H27N7O3S/c1-5-16(35-4)8-7-15(3)36-17-13-33(14-17)25-21-22(34)19(6-2)30-24(21)31-26(32-25)37-18-11-20-23(29-12-18)28-10-9-27-20/h5,7-12,17,34H,3,6,13-14H2,1-2,4H3,(H,30,31,32)/b8-7-,16-5+. The van der Waals surface area contributed by atoms with Crippen LogP contribution in [0.15, 0.2) is 71.0 Å². The Morgan fingerprint density at radius 2 is 2.05 bits per heavy atom. The molecule has 1 aliphatic heterocycles. The van der Waals surface area contributed by atoms with E-state index in [0.29, 0.717) is 58.4 Å². The molecule has 1 aliphatic rings. The summed E-state index contributed by atoms with van der Waals surface area (Å²) >= 11 is 1.38. The van der Waals surface area contributed by atoms with Crippen LogP contribution in [0.4, 0.5) is 5.82 Å². The summed E-state index contributed by atoms with van der Waals surface area (Å²) in [6.45, 7) is 9.05. The second kappa shape index (κ2) is 10.5. The minimum absolute atomic E-state index is 0.0511. The van der Waals surface area contributed by atoms with Crippen molar-refractivity contribution in [1.29, 1.82) is 0 Å². The number of ether oxygens (including phenoxy) is 2. The van der Waals surface area contributed by atoms with E-state index in [9.17, 15) is 5.11 Å². The second-order valence-electron chi connectivity index (χ2n) is 8.37. The first-order valence-corrected chi connectivity index (χ1v) is 12.7. The van der Waals surface area contributed by atoms with E-state index in [2.05, 4.69) is 36.4 Å². The summed E-state index contributed by atoms with van der Waals surface area (Å²) in [6.07, 6.45) is 11.0. The molecule has 0 saturated carbocycles. The molecule has 37 heavy (non-hydrogen) atoms. The van der Waals surface area contributed by atoms with E-state index in [0.717, 1.165) is 16.3 Å². The third kappa shape index (κ3) is 5.08. The lowest BCUT2D eigenvalue weighted by Gasteiger charge is -2.40. The number of hydrogen-bond donors (Lipinski definition) is 2. The van der Waals surface area contributed by atoms with Gasteiger partial charge in [0.1, 0.15) is 45.7 Å². The molecule has 0 atom stereocenters. The lowest BCUT2D eigenvalue weighted by atomic mass is 10.1. The molecule has 1 fully saturated rings. The molecular formula is C26H27N7O3S. The number of nitrogens with one attached hydrogen (secondary N) is 1.